The van der Waals surface area contributed by atoms with Gasteiger partial charge in [0.1, 0.15) is 5.75 Å². The van der Waals surface area contributed by atoms with Gasteiger partial charge >= 0.3 is 0 Å². The fraction of sp³-hybridized carbons (Fsp3) is 0.562. The largest absolute Gasteiger partial charge is 0.496 e. The summed E-state index contributed by atoms with van der Waals surface area (Å²) in [6, 6.07) is 6.39. The fourth-order valence-electron chi connectivity index (χ4n) is 2.66. The summed E-state index contributed by atoms with van der Waals surface area (Å²) in [5, 5.41) is 6.47. The minimum atomic E-state index is -0.00348. The van der Waals surface area contributed by atoms with Crippen LogP contribution in [0.2, 0.25) is 0 Å². The van der Waals surface area contributed by atoms with Crippen LogP contribution in [0.15, 0.2) is 22.7 Å². The first kappa shape index (κ1) is 19.3. The van der Waals surface area contributed by atoms with Crippen LogP contribution < -0.4 is 15.4 Å². The summed E-state index contributed by atoms with van der Waals surface area (Å²) < 4.78 is 6.12. The average Bonchev–Trinajstić information content (AvgIpc) is 2.98. The maximum atomic E-state index is 12.0. The van der Waals surface area contributed by atoms with Crippen molar-refractivity contribution in [1.82, 2.24) is 10.6 Å². The van der Waals surface area contributed by atoms with E-state index in [4.69, 9.17) is 4.74 Å². The molecule has 1 aromatic rings. The number of hydrogen-bond donors (Lipinski definition) is 2. The predicted molar refractivity (Wildman–Crippen MR) is 94.8 cm³/mol. The molecule has 1 aliphatic heterocycles. The molecule has 22 heavy (non-hydrogen) atoms. The molecule has 1 aromatic carbocycles. The summed E-state index contributed by atoms with van der Waals surface area (Å²) >= 11 is 3.47. The van der Waals surface area contributed by atoms with Crippen molar-refractivity contribution in [1.29, 1.82) is 0 Å². The molecule has 2 unspecified atom stereocenters. The normalized spacial score (nSPS) is 18.4. The van der Waals surface area contributed by atoms with E-state index in [1.807, 2.05) is 25.1 Å². The van der Waals surface area contributed by atoms with Crippen molar-refractivity contribution in [2.24, 2.45) is 0 Å². The topological polar surface area (TPSA) is 50.4 Å². The highest BCUT2D eigenvalue weighted by atomic mass is 79.9. The molecular weight excluding hydrogens is 368 g/mol. The van der Waals surface area contributed by atoms with Gasteiger partial charge in [-0.1, -0.05) is 6.07 Å². The first-order valence-electron chi connectivity index (χ1n) is 7.46. The van der Waals surface area contributed by atoms with E-state index in [0.717, 1.165) is 28.8 Å². The van der Waals surface area contributed by atoms with Gasteiger partial charge in [0.15, 0.2) is 0 Å². The molecule has 0 spiro atoms. The van der Waals surface area contributed by atoms with Crippen LogP contribution >= 0.6 is 28.3 Å². The third-order valence-electron chi connectivity index (χ3n) is 3.94. The van der Waals surface area contributed by atoms with Gasteiger partial charge in [0.2, 0.25) is 5.91 Å². The van der Waals surface area contributed by atoms with E-state index in [1.165, 1.54) is 12.8 Å². The Bertz CT molecular complexity index is 493. The molecule has 1 aliphatic rings. The van der Waals surface area contributed by atoms with E-state index in [1.54, 1.807) is 7.11 Å². The van der Waals surface area contributed by atoms with Crippen molar-refractivity contribution in [3.63, 3.8) is 0 Å². The molecule has 0 saturated carbocycles. The summed E-state index contributed by atoms with van der Waals surface area (Å²) in [5.74, 6) is 0.910. The van der Waals surface area contributed by atoms with E-state index in [0.29, 0.717) is 12.5 Å². The number of methoxy groups -OCH3 is 1. The minimum Gasteiger partial charge on any atom is -0.496 e. The molecule has 1 saturated heterocycles. The molecular formula is C16H24BrClN2O2. The number of ether oxygens (including phenoxy) is 1. The molecule has 1 heterocycles. The summed E-state index contributed by atoms with van der Waals surface area (Å²) in [4.78, 5) is 12.0. The highest BCUT2D eigenvalue weighted by molar-refractivity contribution is 9.10. The second-order valence-electron chi connectivity index (χ2n) is 5.52. The highest BCUT2D eigenvalue weighted by Crippen LogP contribution is 2.28. The second-order valence-corrected chi connectivity index (χ2v) is 6.37. The van der Waals surface area contributed by atoms with E-state index in [2.05, 4.69) is 26.6 Å². The Kier molecular flexibility index (Phi) is 8.21. The number of benzene rings is 1. The second kappa shape index (κ2) is 9.38. The predicted octanol–water partition coefficient (Wildman–Crippen LogP) is 3.59. The van der Waals surface area contributed by atoms with Gasteiger partial charge in [-0.05, 0) is 66.4 Å². The van der Waals surface area contributed by atoms with Crippen molar-refractivity contribution >= 4 is 34.2 Å². The van der Waals surface area contributed by atoms with Crippen LogP contribution in [0.4, 0.5) is 0 Å². The molecule has 1 fully saturated rings. The monoisotopic (exact) mass is 390 g/mol. The number of halogens is 2. The lowest BCUT2D eigenvalue weighted by Crippen LogP contribution is -2.29. The Balaban J connectivity index is 0.00000242. The SMILES string of the molecule is COc1ccc(C(C)NC(=O)CCC2CCCN2)cc1Br.Cl. The lowest BCUT2D eigenvalue weighted by atomic mass is 10.1. The number of carbonyl (C=O) groups is 1. The number of rotatable bonds is 6. The molecule has 0 radical (unpaired) electrons. The van der Waals surface area contributed by atoms with Crippen LogP contribution in [0, 0.1) is 0 Å². The number of amides is 1. The van der Waals surface area contributed by atoms with Crippen molar-refractivity contribution in [3.05, 3.63) is 28.2 Å². The first-order valence-corrected chi connectivity index (χ1v) is 8.25. The zero-order valence-electron chi connectivity index (χ0n) is 13.0. The molecule has 0 aromatic heterocycles. The summed E-state index contributed by atoms with van der Waals surface area (Å²) in [7, 11) is 1.64. The minimum absolute atomic E-state index is 0. The zero-order chi connectivity index (χ0) is 15.2. The molecule has 2 rings (SSSR count). The van der Waals surface area contributed by atoms with Crippen LogP contribution in [0.1, 0.15) is 44.2 Å². The maximum absolute atomic E-state index is 12.0. The number of carbonyl (C=O) groups excluding carboxylic acids is 1. The van der Waals surface area contributed by atoms with Crippen molar-refractivity contribution < 1.29 is 9.53 Å². The fourth-order valence-corrected chi connectivity index (χ4v) is 3.22. The molecule has 2 N–H and O–H groups in total. The molecule has 1 amide bonds. The lowest BCUT2D eigenvalue weighted by molar-refractivity contribution is -0.121. The average molecular weight is 392 g/mol. The Labute approximate surface area is 146 Å². The van der Waals surface area contributed by atoms with Gasteiger partial charge in [0.05, 0.1) is 17.6 Å². The molecule has 2 atom stereocenters. The number of hydrogen-bond acceptors (Lipinski definition) is 3. The highest BCUT2D eigenvalue weighted by Gasteiger charge is 2.16. The third kappa shape index (κ3) is 5.45. The van der Waals surface area contributed by atoms with Crippen LogP contribution in [-0.2, 0) is 4.79 Å². The van der Waals surface area contributed by atoms with Crippen LogP contribution in [0.25, 0.3) is 0 Å². The van der Waals surface area contributed by atoms with Crippen LogP contribution in [0.3, 0.4) is 0 Å². The Morgan fingerprint density at radius 3 is 2.91 bits per heavy atom. The summed E-state index contributed by atoms with van der Waals surface area (Å²) in [6.45, 7) is 3.09. The van der Waals surface area contributed by atoms with Gasteiger partial charge in [0, 0.05) is 12.5 Å². The van der Waals surface area contributed by atoms with Crippen molar-refractivity contribution in [3.8, 4) is 5.75 Å². The van der Waals surface area contributed by atoms with Gasteiger partial charge < -0.3 is 15.4 Å². The van der Waals surface area contributed by atoms with E-state index >= 15 is 0 Å². The summed E-state index contributed by atoms with van der Waals surface area (Å²) in [6.07, 6.45) is 3.92. The van der Waals surface area contributed by atoms with Gasteiger partial charge in [-0.3, -0.25) is 4.79 Å². The zero-order valence-corrected chi connectivity index (χ0v) is 15.4. The molecule has 6 heteroatoms. The van der Waals surface area contributed by atoms with Gasteiger partial charge in [-0.2, -0.15) is 0 Å². The van der Waals surface area contributed by atoms with Crippen molar-refractivity contribution in [2.75, 3.05) is 13.7 Å². The first-order chi connectivity index (χ1) is 10.1. The quantitative estimate of drug-likeness (QED) is 0.779. The van der Waals surface area contributed by atoms with E-state index < -0.39 is 0 Å². The Hall–Kier alpha value is -0.780. The lowest BCUT2D eigenvalue weighted by Gasteiger charge is -2.16. The molecule has 0 bridgehead atoms. The van der Waals surface area contributed by atoms with Crippen LogP contribution in [-0.4, -0.2) is 25.6 Å². The van der Waals surface area contributed by atoms with E-state index in [9.17, 15) is 4.79 Å². The Morgan fingerprint density at radius 2 is 2.32 bits per heavy atom. The smallest absolute Gasteiger partial charge is 0.220 e. The van der Waals surface area contributed by atoms with Crippen molar-refractivity contribution in [2.45, 2.75) is 44.7 Å². The molecule has 4 nitrogen and oxygen atoms in total. The molecule has 0 aliphatic carbocycles. The van der Waals surface area contributed by atoms with E-state index in [-0.39, 0.29) is 24.4 Å². The third-order valence-corrected chi connectivity index (χ3v) is 4.56. The van der Waals surface area contributed by atoms with Gasteiger partial charge in [-0.15, -0.1) is 12.4 Å². The van der Waals surface area contributed by atoms with Crippen LogP contribution in [0.5, 0.6) is 5.75 Å². The maximum Gasteiger partial charge on any atom is 0.220 e. The standard InChI is InChI=1S/C16H23BrN2O2.ClH/c1-11(12-5-7-15(21-2)14(17)10-12)19-16(20)8-6-13-4-3-9-18-13;/h5,7,10-11,13,18H,3-4,6,8-9H2,1-2H3,(H,19,20);1H. The van der Waals surface area contributed by atoms with Gasteiger partial charge in [-0.25, -0.2) is 0 Å². The Morgan fingerprint density at radius 1 is 1.55 bits per heavy atom. The summed E-state index contributed by atoms with van der Waals surface area (Å²) in [5.41, 5.74) is 1.06. The van der Waals surface area contributed by atoms with Gasteiger partial charge in [0.25, 0.3) is 0 Å². The number of nitrogens with one attached hydrogen (secondary N) is 2. The molecule has 124 valence electrons.